The Morgan fingerprint density at radius 1 is 0.778 bits per heavy atom. The molecule has 1 fully saturated rings. The highest BCUT2D eigenvalue weighted by Crippen LogP contribution is 2.45. The fourth-order valence-corrected chi connectivity index (χ4v) is 6.59. The number of fused-ring (bicyclic) bond motifs is 1. The smallest absolute Gasteiger partial charge is 0.333 e. The SMILES string of the molecule is Cc1c(C)c2c(c(C)c1OC(=O)CCC(=O)ON1C(=O)CCC1=O)CC[C@@](C)(CCC[C@H](C)CCC[C@H](C)CCCC(C)C)O2. The maximum atomic E-state index is 12.7. The number of carbonyl (C=O) groups is 4. The van der Waals surface area contributed by atoms with Crippen molar-refractivity contribution in [3.05, 3.63) is 22.3 Å². The molecule has 2 amide bonds. The standard InChI is InChI=1S/C37H57NO7/c1-24(2)12-9-13-25(3)14-10-15-26(4)16-11-22-37(8)23-21-30-29(7)35(27(5)28(6)36(30)44-37)43-33(41)19-20-34(42)45-38-31(39)17-18-32(38)40/h24-26H,9-23H2,1-8H3/t25-,26-,37-/m1/s1. The first-order valence-corrected chi connectivity index (χ1v) is 17.3. The van der Waals surface area contributed by atoms with Crippen LogP contribution in [-0.4, -0.2) is 34.4 Å². The van der Waals surface area contributed by atoms with Gasteiger partial charge in [0.2, 0.25) is 0 Å². The monoisotopic (exact) mass is 627 g/mol. The van der Waals surface area contributed by atoms with Gasteiger partial charge >= 0.3 is 11.9 Å². The molecule has 8 heteroatoms. The minimum absolute atomic E-state index is 0.0187. The number of ether oxygens (including phenoxy) is 2. The molecule has 0 unspecified atom stereocenters. The largest absolute Gasteiger partial charge is 0.487 e. The van der Waals surface area contributed by atoms with E-state index in [0.717, 1.165) is 71.4 Å². The fourth-order valence-electron chi connectivity index (χ4n) is 6.59. The lowest BCUT2D eigenvalue weighted by molar-refractivity contribution is -0.197. The number of hydrogen-bond acceptors (Lipinski definition) is 7. The Bertz CT molecular complexity index is 1210. The van der Waals surface area contributed by atoms with E-state index in [1.165, 1.54) is 44.9 Å². The second-order valence-electron chi connectivity index (χ2n) is 14.4. The van der Waals surface area contributed by atoms with Crippen molar-refractivity contribution in [2.75, 3.05) is 0 Å². The van der Waals surface area contributed by atoms with E-state index in [-0.39, 0.29) is 31.3 Å². The van der Waals surface area contributed by atoms with Gasteiger partial charge in [-0.1, -0.05) is 72.6 Å². The van der Waals surface area contributed by atoms with Gasteiger partial charge in [-0.05, 0) is 87.8 Å². The van der Waals surface area contributed by atoms with Crippen molar-refractivity contribution in [3.63, 3.8) is 0 Å². The number of benzene rings is 1. The van der Waals surface area contributed by atoms with E-state index in [4.69, 9.17) is 14.3 Å². The molecule has 1 aromatic rings. The Labute approximate surface area is 270 Å². The zero-order chi connectivity index (χ0) is 33.3. The third-order valence-electron chi connectivity index (χ3n) is 9.79. The van der Waals surface area contributed by atoms with Gasteiger partial charge in [0.15, 0.2) is 0 Å². The summed E-state index contributed by atoms with van der Waals surface area (Å²) in [7, 11) is 0. The predicted molar refractivity (Wildman–Crippen MR) is 175 cm³/mol. The van der Waals surface area contributed by atoms with Gasteiger partial charge < -0.3 is 14.3 Å². The quantitative estimate of drug-likeness (QED) is 0.0971. The van der Waals surface area contributed by atoms with Gasteiger partial charge in [0, 0.05) is 18.4 Å². The number of carbonyl (C=O) groups excluding carboxylic acids is 4. The maximum Gasteiger partial charge on any atom is 0.333 e. The Morgan fingerprint density at radius 3 is 1.93 bits per heavy atom. The molecule has 1 aromatic carbocycles. The minimum Gasteiger partial charge on any atom is -0.487 e. The van der Waals surface area contributed by atoms with Crippen molar-refractivity contribution in [1.29, 1.82) is 0 Å². The summed E-state index contributed by atoms with van der Waals surface area (Å²) in [4.78, 5) is 53.0. The van der Waals surface area contributed by atoms with Crippen LogP contribution < -0.4 is 9.47 Å². The molecule has 3 rings (SSSR count). The van der Waals surface area contributed by atoms with Crippen LogP contribution in [0.3, 0.4) is 0 Å². The molecule has 0 N–H and O–H groups in total. The average molecular weight is 628 g/mol. The minimum atomic E-state index is -0.824. The molecule has 1 saturated heterocycles. The van der Waals surface area contributed by atoms with Crippen molar-refractivity contribution in [2.45, 2.75) is 157 Å². The Kier molecular flexibility index (Phi) is 13.5. The number of rotatable bonds is 17. The highest BCUT2D eigenvalue weighted by Gasteiger charge is 2.35. The van der Waals surface area contributed by atoms with Crippen molar-refractivity contribution in [2.24, 2.45) is 17.8 Å². The van der Waals surface area contributed by atoms with E-state index < -0.39 is 23.8 Å². The average Bonchev–Trinajstić information content (AvgIpc) is 3.29. The van der Waals surface area contributed by atoms with E-state index in [1.807, 2.05) is 20.8 Å². The first-order valence-electron chi connectivity index (χ1n) is 17.3. The van der Waals surface area contributed by atoms with Crippen LogP contribution in [0.15, 0.2) is 0 Å². The zero-order valence-electron chi connectivity index (χ0n) is 29.1. The van der Waals surface area contributed by atoms with Crippen LogP contribution in [0.4, 0.5) is 0 Å². The summed E-state index contributed by atoms with van der Waals surface area (Å²) < 4.78 is 12.5. The number of nitrogens with zero attached hydrogens (tertiary/aromatic N) is 1. The van der Waals surface area contributed by atoms with E-state index in [2.05, 4.69) is 34.6 Å². The second-order valence-corrected chi connectivity index (χ2v) is 14.4. The first-order chi connectivity index (χ1) is 21.2. The molecule has 0 aromatic heterocycles. The van der Waals surface area contributed by atoms with E-state index >= 15 is 0 Å². The lowest BCUT2D eigenvalue weighted by Gasteiger charge is -2.38. The van der Waals surface area contributed by atoms with Gasteiger partial charge in [-0.25, -0.2) is 4.79 Å². The molecule has 8 nitrogen and oxygen atoms in total. The summed E-state index contributed by atoms with van der Waals surface area (Å²) in [6, 6.07) is 0. The summed E-state index contributed by atoms with van der Waals surface area (Å²) >= 11 is 0. The maximum absolute atomic E-state index is 12.7. The first kappa shape index (κ1) is 36.6. The molecule has 0 radical (unpaired) electrons. The third-order valence-corrected chi connectivity index (χ3v) is 9.79. The van der Waals surface area contributed by atoms with Crippen LogP contribution in [0.5, 0.6) is 11.5 Å². The molecular formula is C37H57NO7. The molecule has 2 aliphatic heterocycles. The number of imide groups is 1. The number of hydroxylamine groups is 2. The lowest BCUT2D eigenvalue weighted by atomic mass is 9.83. The third kappa shape index (κ3) is 10.6. The summed E-state index contributed by atoms with van der Waals surface area (Å²) in [5.74, 6) is 1.26. The van der Waals surface area contributed by atoms with Crippen molar-refractivity contribution >= 4 is 23.8 Å². The van der Waals surface area contributed by atoms with Crippen molar-refractivity contribution < 1.29 is 33.5 Å². The summed E-state index contributed by atoms with van der Waals surface area (Å²) in [6.07, 6.45) is 12.7. The number of amides is 2. The second kappa shape index (κ2) is 16.6. The fraction of sp³-hybridized carbons (Fsp3) is 0.730. The molecule has 0 bridgehead atoms. The molecular weight excluding hydrogens is 570 g/mol. The molecule has 2 heterocycles. The van der Waals surface area contributed by atoms with Crippen LogP contribution in [0.25, 0.3) is 0 Å². The molecule has 45 heavy (non-hydrogen) atoms. The topological polar surface area (TPSA) is 99.2 Å². The Balaban J connectivity index is 1.47. The Morgan fingerprint density at radius 2 is 1.33 bits per heavy atom. The van der Waals surface area contributed by atoms with Gasteiger partial charge in [0.25, 0.3) is 11.8 Å². The van der Waals surface area contributed by atoms with Crippen LogP contribution in [0.2, 0.25) is 0 Å². The highest BCUT2D eigenvalue weighted by molar-refractivity contribution is 6.01. The van der Waals surface area contributed by atoms with Crippen LogP contribution >= 0.6 is 0 Å². The normalized spacial score (nSPS) is 19.4. The molecule has 3 atom stereocenters. The predicted octanol–water partition coefficient (Wildman–Crippen LogP) is 8.43. The summed E-state index contributed by atoms with van der Waals surface area (Å²) in [5, 5.41) is 0.487. The van der Waals surface area contributed by atoms with Gasteiger partial charge in [-0.3, -0.25) is 14.4 Å². The van der Waals surface area contributed by atoms with E-state index in [1.54, 1.807) is 0 Å². The van der Waals surface area contributed by atoms with Gasteiger partial charge in [0.1, 0.15) is 17.1 Å². The molecule has 0 saturated carbocycles. The molecule has 2 aliphatic rings. The highest BCUT2D eigenvalue weighted by atomic mass is 16.7. The molecule has 252 valence electrons. The van der Waals surface area contributed by atoms with E-state index in [9.17, 15) is 19.2 Å². The number of esters is 1. The lowest BCUT2D eigenvalue weighted by Crippen LogP contribution is -2.37. The molecule has 0 spiro atoms. The van der Waals surface area contributed by atoms with Crippen molar-refractivity contribution in [1.82, 2.24) is 5.06 Å². The summed E-state index contributed by atoms with van der Waals surface area (Å²) in [5.41, 5.74) is 3.53. The van der Waals surface area contributed by atoms with Gasteiger partial charge in [-0.15, -0.1) is 5.06 Å². The van der Waals surface area contributed by atoms with Crippen LogP contribution in [0, 0.1) is 38.5 Å². The van der Waals surface area contributed by atoms with Gasteiger partial charge in [-0.2, -0.15) is 0 Å². The molecule has 0 aliphatic carbocycles. The summed E-state index contributed by atoms with van der Waals surface area (Å²) in [6.45, 7) is 17.5. The van der Waals surface area contributed by atoms with E-state index in [0.29, 0.717) is 10.8 Å². The van der Waals surface area contributed by atoms with Crippen LogP contribution in [-0.2, 0) is 30.4 Å². The number of hydrogen-bond donors (Lipinski definition) is 0. The van der Waals surface area contributed by atoms with Gasteiger partial charge in [0.05, 0.1) is 12.8 Å². The van der Waals surface area contributed by atoms with Crippen LogP contribution in [0.1, 0.15) is 147 Å². The zero-order valence-corrected chi connectivity index (χ0v) is 29.1. The Hall–Kier alpha value is -2.90. The van der Waals surface area contributed by atoms with Crippen molar-refractivity contribution in [3.8, 4) is 11.5 Å².